The summed E-state index contributed by atoms with van der Waals surface area (Å²) in [5.74, 6) is 0.739. The number of nitrogens with one attached hydrogen (secondary N) is 1. The van der Waals surface area contributed by atoms with E-state index in [2.05, 4.69) is 37.9 Å². The van der Waals surface area contributed by atoms with Crippen molar-refractivity contribution < 1.29 is 4.74 Å². The summed E-state index contributed by atoms with van der Waals surface area (Å²) in [7, 11) is 0. The lowest BCUT2D eigenvalue weighted by Gasteiger charge is -2.52. The average Bonchev–Trinajstić information content (AvgIpc) is 2.37. The molecule has 1 aliphatic rings. The van der Waals surface area contributed by atoms with Gasteiger partial charge in [0.1, 0.15) is 11.9 Å². The van der Waals surface area contributed by atoms with Gasteiger partial charge in [0.15, 0.2) is 0 Å². The molecule has 2 unspecified atom stereocenters. The van der Waals surface area contributed by atoms with Crippen molar-refractivity contribution in [2.75, 3.05) is 0 Å². The van der Waals surface area contributed by atoms with Gasteiger partial charge in [-0.05, 0) is 12.1 Å². The van der Waals surface area contributed by atoms with Crippen LogP contribution in [0.4, 0.5) is 5.69 Å². The number of nitrogens with zero attached hydrogens (tertiary/aromatic N) is 1. The standard InChI is InChI=1S/C16H21ClN2O/c1-10(2)19-14-9-15(16(14,3)4)20-11-6-7-13(18-5)12(17)8-11/h6-8,10,14-15,19H,9H2,1-4H3. The zero-order valence-corrected chi connectivity index (χ0v) is 13.2. The molecule has 0 aromatic heterocycles. The van der Waals surface area contributed by atoms with E-state index in [9.17, 15) is 0 Å². The van der Waals surface area contributed by atoms with Gasteiger partial charge in [-0.2, -0.15) is 0 Å². The van der Waals surface area contributed by atoms with E-state index in [0.717, 1.165) is 12.2 Å². The highest BCUT2D eigenvalue weighted by Gasteiger charge is 2.49. The molecule has 0 spiro atoms. The summed E-state index contributed by atoms with van der Waals surface area (Å²) < 4.78 is 6.03. The summed E-state index contributed by atoms with van der Waals surface area (Å²) in [5.41, 5.74) is 0.557. The Morgan fingerprint density at radius 3 is 2.65 bits per heavy atom. The van der Waals surface area contributed by atoms with Gasteiger partial charge < -0.3 is 10.1 Å². The van der Waals surface area contributed by atoms with E-state index in [1.165, 1.54) is 0 Å². The van der Waals surface area contributed by atoms with Crippen molar-refractivity contribution >= 4 is 17.3 Å². The Hall–Kier alpha value is -1.24. The van der Waals surface area contributed by atoms with Crippen LogP contribution >= 0.6 is 11.6 Å². The zero-order chi connectivity index (χ0) is 14.9. The van der Waals surface area contributed by atoms with Crippen molar-refractivity contribution in [1.29, 1.82) is 0 Å². The summed E-state index contributed by atoms with van der Waals surface area (Å²) >= 11 is 6.04. The van der Waals surface area contributed by atoms with E-state index in [-0.39, 0.29) is 11.5 Å². The summed E-state index contributed by atoms with van der Waals surface area (Å²) in [5, 5.41) is 4.02. The lowest BCUT2D eigenvalue weighted by atomic mass is 9.64. The molecule has 1 saturated carbocycles. The van der Waals surface area contributed by atoms with Crippen LogP contribution < -0.4 is 10.1 Å². The van der Waals surface area contributed by atoms with Gasteiger partial charge in [0, 0.05) is 23.9 Å². The first kappa shape index (κ1) is 15.2. The maximum Gasteiger partial charge on any atom is 0.205 e. The molecular weight excluding hydrogens is 272 g/mol. The molecule has 0 aliphatic heterocycles. The van der Waals surface area contributed by atoms with E-state index in [4.69, 9.17) is 22.9 Å². The third-order valence-corrected chi connectivity index (χ3v) is 4.33. The number of benzene rings is 1. The minimum absolute atomic E-state index is 0.0925. The van der Waals surface area contributed by atoms with E-state index >= 15 is 0 Å². The molecule has 0 heterocycles. The maximum atomic E-state index is 6.99. The van der Waals surface area contributed by atoms with Crippen molar-refractivity contribution in [3.05, 3.63) is 34.6 Å². The zero-order valence-electron chi connectivity index (χ0n) is 12.4. The molecule has 3 nitrogen and oxygen atoms in total. The van der Waals surface area contributed by atoms with Gasteiger partial charge in [0.25, 0.3) is 0 Å². The molecule has 0 radical (unpaired) electrons. The summed E-state index contributed by atoms with van der Waals surface area (Å²) in [6.45, 7) is 15.7. The Morgan fingerprint density at radius 1 is 1.45 bits per heavy atom. The number of ether oxygens (including phenoxy) is 1. The van der Waals surface area contributed by atoms with Crippen LogP contribution in [0.2, 0.25) is 5.02 Å². The molecule has 1 N–H and O–H groups in total. The van der Waals surface area contributed by atoms with Gasteiger partial charge in [-0.15, -0.1) is 0 Å². The van der Waals surface area contributed by atoms with Crippen molar-refractivity contribution in [1.82, 2.24) is 5.32 Å². The first-order chi connectivity index (χ1) is 9.34. The molecule has 1 aromatic rings. The highest BCUT2D eigenvalue weighted by atomic mass is 35.5. The Balaban J connectivity index is 2.02. The van der Waals surface area contributed by atoms with Crippen molar-refractivity contribution in [2.24, 2.45) is 5.41 Å². The highest BCUT2D eigenvalue weighted by molar-refractivity contribution is 6.33. The molecule has 2 rings (SSSR count). The van der Waals surface area contributed by atoms with Crippen LogP contribution in [0.25, 0.3) is 4.85 Å². The molecular formula is C16H21ClN2O. The molecule has 20 heavy (non-hydrogen) atoms. The second-order valence-electron chi connectivity index (χ2n) is 6.26. The first-order valence-electron chi connectivity index (χ1n) is 6.94. The topological polar surface area (TPSA) is 25.6 Å². The summed E-state index contributed by atoms with van der Waals surface area (Å²) in [6.07, 6.45) is 1.17. The maximum absolute atomic E-state index is 6.99. The normalized spacial score (nSPS) is 24.1. The van der Waals surface area contributed by atoms with Gasteiger partial charge in [-0.1, -0.05) is 45.4 Å². The van der Waals surface area contributed by atoms with Gasteiger partial charge in [-0.3, -0.25) is 0 Å². The third-order valence-electron chi connectivity index (χ3n) is 4.03. The van der Waals surface area contributed by atoms with Gasteiger partial charge in [-0.25, -0.2) is 4.85 Å². The summed E-state index contributed by atoms with van der Waals surface area (Å²) in [6, 6.07) is 6.21. The SMILES string of the molecule is [C-]#[N+]c1ccc(OC2CC(NC(C)C)C2(C)C)cc1Cl. The number of halogens is 1. The second-order valence-corrected chi connectivity index (χ2v) is 6.67. The molecule has 4 heteroatoms. The number of hydrogen-bond acceptors (Lipinski definition) is 2. The predicted octanol–water partition coefficient (Wildman–Crippen LogP) is 4.43. The van der Waals surface area contributed by atoms with Crippen molar-refractivity contribution in [2.45, 2.75) is 52.3 Å². The molecule has 2 atom stereocenters. The van der Waals surface area contributed by atoms with Crippen LogP contribution in [-0.4, -0.2) is 18.2 Å². The Bertz CT molecular complexity index is 534. The fourth-order valence-electron chi connectivity index (χ4n) is 2.59. The molecule has 108 valence electrons. The Kier molecular flexibility index (Phi) is 4.27. The van der Waals surface area contributed by atoms with Crippen LogP contribution in [0.3, 0.4) is 0 Å². The fraction of sp³-hybridized carbons (Fsp3) is 0.562. The third kappa shape index (κ3) is 2.92. The fourth-order valence-corrected chi connectivity index (χ4v) is 2.80. The minimum atomic E-state index is 0.0925. The molecule has 0 amide bonds. The van der Waals surface area contributed by atoms with Crippen LogP contribution in [-0.2, 0) is 0 Å². The number of hydrogen-bond donors (Lipinski definition) is 1. The highest BCUT2D eigenvalue weighted by Crippen LogP contribution is 2.43. The monoisotopic (exact) mass is 292 g/mol. The lowest BCUT2D eigenvalue weighted by Crippen LogP contribution is -2.63. The minimum Gasteiger partial charge on any atom is -0.490 e. The number of rotatable bonds is 4. The summed E-state index contributed by atoms with van der Waals surface area (Å²) in [4.78, 5) is 3.35. The van der Waals surface area contributed by atoms with Crippen LogP contribution in [0, 0.1) is 12.0 Å². The largest absolute Gasteiger partial charge is 0.490 e. The quantitative estimate of drug-likeness (QED) is 0.831. The van der Waals surface area contributed by atoms with Crippen LogP contribution in [0.5, 0.6) is 5.75 Å². The molecule has 0 saturated heterocycles. The van der Waals surface area contributed by atoms with E-state index in [1.807, 2.05) is 6.07 Å². The molecule has 1 aromatic carbocycles. The van der Waals surface area contributed by atoms with E-state index in [1.54, 1.807) is 12.1 Å². The molecule has 1 aliphatic carbocycles. The van der Waals surface area contributed by atoms with Crippen LogP contribution in [0.15, 0.2) is 18.2 Å². The van der Waals surface area contributed by atoms with Gasteiger partial charge >= 0.3 is 0 Å². The predicted molar refractivity (Wildman–Crippen MR) is 82.6 cm³/mol. The second kappa shape index (κ2) is 5.63. The lowest BCUT2D eigenvalue weighted by molar-refractivity contribution is -0.0574. The molecule has 0 bridgehead atoms. The average molecular weight is 293 g/mol. The van der Waals surface area contributed by atoms with E-state index < -0.39 is 0 Å². The first-order valence-corrected chi connectivity index (χ1v) is 7.32. The van der Waals surface area contributed by atoms with Crippen molar-refractivity contribution in [3.63, 3.8) is 0 Å². The Labute approximate surface area is 126 Å². The smallest absolute Gasteiger partial charge is 0.205 e. The van der Waals surface area contributed by atoms with Crippen LogP contribution in [0.1, 0.15) is 34.1 Å². The van der Waals surface area contributed by atoms with E-state index in [0.29, 0.717) is 22.8 Å². The Morgan fingerprint density at radius 2 is 2.15 bits per heavy atom. The molecule has 1 fully saturated rings. The van der Waals surface area contributed by atoms with Crippen molar-refractivity contribution in [3.8, 4) is 5.75 Å². The van der Waals surface area contributed by atoms with Gasteiger partial charge in [0.05, 0.1) is 11.6 Å². The van der Waals surface area contributed by atoms with Gasteiger partial charge in [0.2, 0.25) is 5.69 Å².